The smallest absolute Gasteiger partial charge is 0.282 e. The van der Waals surface area contributed by atoms with Gasteiger partial charge in [-0.2, -0.15) is 0 Å². The maximum absolute atomic E-state index is 12.8. The highest BCUT2D eigenvalue weighted by molar-refractivity contribution is 8.13. The normalized spacial score (nSPS) is 13.3. The molecule has 0 spiro atoms. The number of hydrogen-bond donors (Lipinski definition) is 0. The first-order chi connectivity index (χ1) is 13.0. The van der Waals surface area contributed by atoms with Gasteiger partial charge in [-0.05, 0) is 11.6 Å². The maximum Gasteiger partial charge on any atom is 0.282 e. The summed E-state index contributed by atoms with van der Waals surface area (Å²) >= 11 is 1.27. The van der Waals surface area contributed by atoms with Crippen molar-refractivity contribution in [3.8, 4) is 0 Å². The Labute approximate surface area is 158 Å². The second-order valence-electron chi connectivity index (χ2n) is 5.61. The molecular weight excluding hydrogens is 372 g/mol. The molecule has 1 aliphatic rings. The summed E-state index contributed by atoms with van der Waals surface area (Å²) in [6.45, 7) is 0.742. The molecule has 3 rings (SSSR count). The van der Waals surface area contributed by atoms with Gasteiger partial charge in [-0.3, -0.25) is 34.9 Å². The predicted octanol–water partition coefficient (Wildman–Crippen LogP) is 3.25. The van der Waals surface area contributed by atoms with Crippen molar-refractivity contribution in [2.45, 2.75) is 5.75 Å². The van der Waals surface area contributed by atoms with Crippen LogP contribution in [0.15, 0.2) is 53.5 Å². The van der Waals surface area contributed by atoms with Gasteiger partial charge in [0.15, 0.2) is 5.17 Å². The number of nitrogens with zero attached hydrogens (tertiary/aromatic N) is 4. The van der Waals surface area contributed by atoms with E-state index in [0.717, 1.165) is 5.56 Å². The predicted molar refractivity (Wildman–Crippen MR) is 101 cm³/mol. The highest BCUT2D eigenvalue weighted by Gasteiger charge is 2.29. The van der Waals surface area contributed by atoms with Crippen molar-refractivity contribution in [2.75, 3.05) is 13.1 Å². The molecule has 27 heavy (non-hydrogen) atoms. The van der Waals surface area contributed by atoms with Gasteiger partial charge in [-0.25, -0.2) is 0 Å². The first-order valence-electron chi connectivity index (χ1n) is 7.93. The first kappa shape index (κ1) is 18.5. The molecule has 0 atom stereocenters. The number of amidine groups is 1. The first-order valence-corrected chi connectivity index (χ1v) is 8.92. The molecule has 0 unspecified atom stereocenters. The number of para-hydroxylation sites is 1. The summed E-state index contributed by atoms with van der Waals surface area (Å²) in [7, 11) is 0. The van der Waals surface area contributed by atoms with Crippen LogP contribution in [0.1, 0.15) is 15.9 Å². The topological polar surface area (TPSA) is 119 Å². The van der Waals surface area contributed by atoms with Crippen molar-refractivity contribution in [1.29, 1.82) is 0 Å². The number of benzene rings is 2. The fourth-order valence-electron chi connectivity index (χ4n) is 2.61. The van der Waals surface area contributed by atoms with E-state index in [2.05, 4.69) is 4.99 Å². The lowest BCUT2D eigenvalue weighted by Crippen LogP contribution is -2.33. The quantitative estimate of drug-likeness (QED) is 0.575. The number of carbonyl (C=O) groups is 1. The van der Waals surface area contributed by atoms with E-state index in [9.17, 15) is 25.0 Å². The van der Waals surface area contributed by atoms with Gasteiger partial charge in [-0.15, -0.1) is 0 Å². The van der Waals surface area contributed by atoms with Gasteiger partial charge in [0.2, 0.25) is 0 Å². The number of non-ortho nitro benzene ring substituents is 1. The minimum Gasteiger partial charge on any atom is -0.285 e. The molecule has 0 aliphatic carbocycles. The van der Waals surface area contributed by atoms with Gasteiger partial charge in [0.05, 0.1) is 16.4 Å². The number of rotatable bonds is 5. The van der Waals surface area contributed by atoms with Crippen LogP contribution >= 0.6 is 11.8 Å². The lowest BCUT2D eigenvalue weighted by molar-refractivity contribution is -0.385. The SMILES string of the molecule is O=C(c1ccccc1[N+](=O)[O-])N1CCN=C1SCc1cccc([N+](=O)[O-])c1. The molecular formula is C17H14N4O5S. The number of amides is 1. The van der Waals surface area contributed by atoms with Crippen LogP contribution in [-0.4, -0.2) is 38.9 Å². The molecule has 0 fully saturated rings. The molecule has 2 aromatic rings. The van der Waals surface area contributed by atoms with Gasteiger partial charge in [0, 0.05) is 30.5 Å². The van der Waals surface area contributed by atoms with Crippen molar-refractivity contribution >= 4 is 34.2 Å². The average molecular weight is 386 g/mol. The Balaban J connectivity index is 1.74. The molecule has 10 heteroatoms. The van der Waals surface area contributed by atoms with E-state index in [4.69, 9.17) is 0 Å². The van der Waals surface area contributed by atoms with E-state index >= 15 is 0 Å². The van der Waals surface area contributed by atoms with Crippen molar-refractivity contribution in [3.63, 3.8) is 0 Å². The van der Waals surface area contributed by atoms with Gasteiger partial charge in [-0.1, -0.05) is 36.0 Å². The molecule has 0 aromatic heterocycles. The Morgan fingerprint density at radius 3 is 2.63 bits per heavy atom. The third-order valence-electron chi connectivity index (χ3n) is 3.87. The van der Waals surface area contributed by atoms with Crippen LogP contribution in [0.3, 0.4) is 0 Å². The van der Waals surface area contributed by atoms with Crippen LogP contribution < -0.4 is 0 Å². The summed E-state index contributed by atoms with van der Waals surface area (Å²) in [4.78, 5) is 39.5. The summed E-state index contributed by atoms with van der Waals surface area (Å²) in [6.07, 6.45) is 0. The second kappa shape index (κ2) is 7.96. The van der Waals surface area contributed by atoms with E-state index in [1.165, 1.54) is 47.0 Å². The van der Waals surface area contributed by atoms with Crippen LogP contribution in [0.2, 0.25) is 0 Å². The minimum atomic E-state index is -0.587. The third-order valence-corrected chi connectivity index (χ3v) is 4.95. The zero-order valence-corrected chi connectivity index (χ0v) is 14.8. The molecule has 2 aromatic carbocycles. The number of nitro benzene ring substituents is 2. The second-order valence-corrected chi connectivity index (χ2v) is 6.55. The molecule has 0 N–H and O–H groups in total. The lowest BCUT2D eigenvalue weighted by atomic mass is 10.1. The van der Waals surface area contributed by atoms with Crippen LogP contribution in [0.5, 0.6) is 0 Å². The van der Waals surface area contributed by atoms with Crippen LogP contribution in [-0.2, 0) is 5.75 Å². The molecule has 0 radical (unpaired) electrons. The summed E-state index contributed by atoms with van der Waals surface area (Å²) in [5.41, 5.74) is 0.474. The van der Waals surface area contributed by atoms with Crippen molar-refractivity contribution in [1.82, 2.24) is 4.90 Å². The number of thioether (sulfide) groups is 1. The molecule has 0 saturated heterocycles. The standard InChI is InChI=1S/C17H14N4O5S/c22-16(14-6-1-2-7-15(14)21(25)26)19-9-8-18-17(19)27-11-12-4-3-5-13(10-12)20(23)24/h1-7,10H,8-9,11H2. The molecule has 1 heterocycles. The van der Waals surface area contributed by atoms with E-state index < -0.39 is 15.8 Å². The van der Waals surface area contributed by atoms with E-state index in [0.29, 0.717) is 24.0 Å². The Kier molecular flexibility index (Phi) is 5.46. The highest BCUT2D eigenvalue weighted by atomic mass is 32.2. The van der Waals surface area contributed by atoms with Crippen LogP contribution in [0.4, 0.5) is 11.4 Å². The van der Waals surface area contributed by atoms with Gasteiger partial charge in [0.1, 0.15) is 5.56 Å². The fraction of sp³-hybridized carbons (Fsp3) is 0.176. The molecule has 0 bridgehead atoms. The van der Waals surface area contributed by atoms with Crippen molar-refractivity contribution < 1.29 is 14.6 Å². The number of nitro groups is 2. The number of hydrogen-bond acceptors (Lipinski definition) is 7. The molecule has 0 saturated carbocycles. The lowest BCUT2D eigenvalue weighted by Gasteiger charge is -2.17. The zero-order chi connectivity index (χ0) is 19.4. The summed E-state index contributed by atoms with van der Waals surface area (Å²) in [6, 6.07) is 12.0. The Hall–Kier alpha value is -3.27. The molecule has 9 nitrogen and oxygen atoms in total. The zero-order valence-electron chi connectivity index (χ0n) is 14.0. The average Bonchev–Trinajstić information content (AvgIpc) is 3.14. The largest absolute Gasteiger partial charge is 0.285 e. The number of aliphatic imine (C=N–C) groups is 1. The summed E-state index contributed by atoms with van der Waals surface area (Å²) in [5.74, 6) is -0.0913. The Morgan fingerprint density at radius 2 is 1.89 bits per heavy atom. The molecule has 1 amide bonds. The van der Waals surface area contributed by atoms with Gasteiger partial charge >= 0.3 is 0 Å². The third kappa shape index (κ3) is 4.11. The highest BCUT2D eigenvalue weighted by Crippen LogP contribution is 2.26. The van der Waals surface area contributed by atoms with Gasteiger partial charge < -0.3 is 0 Å². The maximum atomic E-state index is 12.8. The van der Waals surface area contributed by atoms with Crippen molar-refractivity contribution in [3.05, 3.63) is 79.9 Å². The van der Waals surface area contributed by atoms with E-state index in [1.807, 2.05) is 0 Å². The number of carbonyl (C=O) groups excluding carboxylic acids is 1. The van der Waals surface area contributed by atoms with E-state index in [1.54, 1.807) is 18.2 Å². The van der Waals surface area contributed by atoms with Crippen LogP contribution in [0, 0.1) is 20.2 Å². The van der Waals surface area contributed by atoms with Crippen molar-refractivity contribution in [2.24, 2.45) is 4.99 Å². The molecule has 1 aliphatic heterocycles. The van der Waals surface area contributed by atoms with E-state index in [-0.39, 0.29) is 16.9 Å². The fourth-order valence-corrected chi connectivity index (χ4v) is 3.59. The Bertz CT molecular complexity index is 946. The summed E-state index contributed by atoms with van der Waals surface area (Å²) < 4.78 is 0. The Morgan fingerprint density at radius 1 is 1.11 bits per heavy atom. The monoisotopic (exact) mass is 386 g/mol. The summed E-state index contributed by atoms with van der Waals surface area (Å²) in [5, 5.41) is 22.5. The van der Waals surface area contributed by atoms with Crippen LogP contribution in [0.25, 0.3) is 0 Å². The van der Waals surface area contributed by atoms with Gasteiger partial charge in [0.25, 0.3) is 17.3 Å². The minimum absolute atomic E-state index is 0.00527. The molecule has 138 valence electrons.